The summed E-state index contributed by atoms with van der Waals surface area (Å²) in [6.07, 6.45) is 0. The molecular formula is C25H25N3O4S. The fraction of sp³-hybridized carbons (Fsp3) is 0.200. The van der Waals surface area contributed by atoms with E-state index in [0.29, 0.717) is 29.0 Å². The van der Waals surface area contributed by atoms with Crippen LogP contribution in [0.4, 0.5) is 0 Å². The van der Waals surface area contributed by atoms with Gasteiger partial charge in [-0.05, 0) is 55.3 Å². The van der Waals surface area contributed by atoms with Crippen LogP contribution in [0.3, 0.4) is 0 Å². The number of aryl methyl sites for hydroxylation is 2. The second kappa shape index (κ2) is 9.27. The van der Waals surface area contributed by atoms with E-state index >= 15 is 0 Å². The molecule has 0 aliphatic rings. The lowest BCUT2D eigenvalue weighted by Gasteiger charge is -2.17. The molecular weight excluding hydrogens is 438 g/mol. The predicted octanol–water partition coefficient (Wildman–Crippen LogP) is 3.63. The van der Waals surface area contributed by atoms with Crippen molar-refractivity contribution < 1.29 is 13.2 Å². The number of aromatic nitrogens is 2. The number of sulfonamides is 1. The first-order valence-corrected chi connectivity index (χ1v) is 11.9. The van der Waals surface area contributed by atoms with Crippen molar-refractivity contribution in [3.8, 4) is 5.69 Å². The molecule has 0 unspecified atom stereocenters. The van der Waals surface area contributed by atoms with Crippen molar-refractivity contribution in [1.29, 1.82) is 0 Å². The van der Waals surface area contributed by atoms with Gasteiger partial charge in [0.1, 0.15) is 5.82 Å². The highest BCUT2D eigenvalue weighted by molar-refractivity contribution is 7.89. The van der Waals surface area contributed by atoms with Crippen LogP contribution in [0.25, 0.3) is 16.6 Å². The molecule has 0 spiro atoms. The lowest BCUT2D eigenvalue weighted by atomic mass is 10.1. The Morgan fingerprint density at radius 3 is 2.55 bits per heavy atom. The molecule has 8 heteroatoms. The smallest absolute Gasteiger partial charge is 0.266 e. The van der Waals surface area contributed by atoms with Gasteiger partial charge in [-0.3, -0.25) is 9.36 Å². The van der Waals surface area contributed by atoms with Crippen molar-refractivity contribution in [3.63, 3.8) is 0 Å². The molecule has 1 N–H and O–H groups in total. The number of rotatable bonds is 7. The lowest BCUT2D eigenvalue weighted by molar-refractivity contribution is 0.184. The molecule has 1 heterocycles. The van der Waals surface area contributed by atoms with E-state index in [9.17, 15) is 13.2 Å². The number of hydrogen-bond donors (Lipinski definition) is 1. The molecule has 0 amide bonds. The highest BCUT2D eigenvalue weighted by Gasteiger charge is 2.19. The second-order valence-electron chi connectivity index (χ2n) is 7.88. The number of benzene rings is 3. The van der Waals surface area contributed by atoms with E-state index in [1.54, 1.807) is 49.6 Å². The van der Waals surface area contributed by atoms with E-state index in [1.165, 1.54) is 10.6 Å². The van der Waals surface area contributed by atoms with Gasteiger partial charge in [-0.1, -0.05) is 42.0 Å². The lowest BCUT2D eigenvalue weighted by Crippen LogP contribution is -2.30. The molecule has 0 fully saturated rings. The van der Waals surface area contributed by atoms with Gasteiger partial charge in [-0.15, -0.1) is 0 Å². The molecule has 33 heavy (non-hydrogen) atoms. The van der Waals surface area contributed by atoms with Crippen molar-refractivity contribution >= 4 is 20.9 Å². The highest BCUT2D eigenvalue weighted by Crippen LogP contribution is 2.19. The Morgan fingerprint density at radius 2 is 1.79 bits per heavy atom. The van der Waals surface area contributed by atoms with Crippen molar-refractivity contribution in [3.05, 3.63) is 99.6 Å². The van der Waals surface area contributed by atoms with Crippen LogP contribution in [0, 0.1) is 13.8 Å². The van der Waals surface area contributed by atoms with Gasteiger partial charge in [0, 0.05) is 7.11 Å². The van der Waals surface area contributed by atoms with E-state index in [0.717, 1.165) is 16.7 Å². The summed E-state index contributed by atoms with van der Waals surface area (Å²) in [4.78, 5) is 18.2. The van der Waals surface area contributed by atoms with Gasteiger partial charge in [0.25, 0.3) is 5.56 Å². The number of hydrogen-bond acceptors (Lipinski definition) is 5. The van der Waals surface area contributed by atoms with Crippen LogP contribution in [0.5, 0.6) is 0 Å². The summed E-state index contributed by atoms with van der Waals surface area (Å²) >= 11 is 0. The monoisotopic (exact) mass is 463 g/mol. The van der Waals surface area contributed by atoms with E-state index in [4.69, 9.17) is 4.74 Å². The maximum absolute atomic E-state index is 13.4. The molecule has 4 rings (SSSR count). The van der Waals surface area contributed by atoms with Crippen LogP contribution in [-0.2, 0) is 27.9 Å². The summed E-state index contributed by atoms with van der Waals surface area (Å²) in [7, 11) is -2.29. The van der Waals surface area contributed by atoms with Crippen LogP contribution in [0.1, 0.15) is 22.5 Å². The fourth-order valence-corrected chi connectivity index (χ4v) is 4.86. The number of nitrogens with one attached hydrogen (secondary N) is 1. The Hall–Kier alpha value is -3.33. The minimum Gasteiger partial charge on any atom is -0.380 e. The van der Waals surface area contributed by atoms with Gasteiger partial charge >= 0.3 is 0 Å². The van der Waals surface area contributed by atoms with Gasteiger partial charge < -0.3 is 4.74 Å². The first-order valence-electron chi connectivity index (χ1n) is 10.5. The third kappa shape index (κ3) is 4.73. The van der Waals surface area contributed by atoms with Gasteiger partial charge in [0.15, 0.2) is 0 Å². The number of nitrogens with zero attached hydrogens (tertiary/aromatic N) is 2. The molecule has 3 aromatic carbocycles. The summed E-state index contributed by atoms with van der Waals surface area (Å²) < 4.78 is 35.2. The SMILES string of the molecule is COCc1cccc(S(=O)(=O)NCc2nc3ccccc3c(=O)n2-c2ccc(C)cc2C)c1. The molecule has 0 saturated carbocycles. The van der Waals surface area contributed by atoms with E-state index < -0.39 is 10.0 Å². The number of para-hydroxylation sites is 1. The third-order valence-corrected chi connectivity index (χ3v) is 6.78. The average Bonchev–Trinajstić information content (AvgIpc) is 2.79. The van der Waals surface area contributed by atoms with Crippen molar-refractivity contribution in [1.82, 2.24) is 14.3 Å². The topological polar surface area (TPSA) is 90.3 Å². The third-order valence-electron chi connectivity index (χ3n) is 5.38. The minimum absolute atomic E-state index is 0.123. The molecule has 4 aromatic rings. The first-order chi connectivity index (χ1) is 15.8. The Labute approximate surface area is 192 Å². The Kier molecular flexibility index (Phi) is 6.42. The molecule has 0 saturated heterocycles. The Morgan fingerprint density at radius 1 is 1.00 bits per heavy atom. The summed E-state index contributed by atoms with van der Waals surface area (Å²) in [5, 5.41) is 0.469. The van der Waals surface area contributed by atoms with Crippen molar-refractivity contribution in [2.24, 2.45) is 0 Å². The number of methoxy groups -OCH3 is 1. The van der Waals surface area contributed by atoms with E-state index in [-0.39, 0.29) is 17.0 Å². The summed E-state index contributed by atoms with van der Waals surface area (Å²) in [6, 6.07) is 19.4. The molecule has 0 atom stereocenters. The molecule has 0 bridgehead atoms. The Balaban J connectivity index is 1.79. The van der Waals surface area contributed by atoms with Gasteiger partial charge in [-0.2, -0.15) is 0 Å². The molecule has 0 aliphatic carbocycles. The van der Waals surface area contributed by atoms with Gasteiger partial charge in [0.2, 0.25) is 10.0 Å². The Bertz CT molecular complexity index is 1490. The normalized spacial score (nSPS) is 11.7. The van der Waals surface area contributed by atoms with Crippen LogP contribution in [0.15, 0.2) is 76.4 Å². The van der Waals surface area contributed by atoms with Crippen LogP contribution in [-0.4, -0.2) is 25.1 Å². The van der Waals surface area contributed by atoms with Gasteiger partial charge in [0.05, 0.1) is 34.6 Å². The highest BCUT2D eigenvalue weighted by atomic mass is 32.2. The van der Waals surface area contributed by atoms with Crippen LogP contribution >= 0.6 is 0 Å². The van der Waals surface area contributed by atoms with Crippen molar-refractivity contribution in [2.45, 2.75) is 31.9 Å². The molecule has 0 aliphatic heterocycles. The van der Waals surface area contributed by atoms with E-state index in [1.807, 2.05) is 32.0 Å². The average molecular weight is 464 g/mol. The first kappa shape index (κ1) is 22.8. The molecule has 1 aromatic heterocycles. The van der Waals surface area contributed by atoms with E-state index in [2.05, 4.69) is 9.71 Å². The molecule has 0 radical (unpaired) electrons. The number of fused-ring (bicyclic) bond motifs is 1. The number of ether oxygens (including phenoxy) is 1. The summed E-state index contributed by atoms with van der Waals surface area (Å²) in [5.41, 5.74) is 3.64. The van der Waals surface area contributed by atoms with Crippen molar-refractivity contribution in [2.75, 3.05) is 7.11 Å². The zero-order chi connectivity index (χ0) is 23.6. The quantitative estimate of drug-likeness (QED) is 0.452. The minimum atomic E-state index is -3.84. The summed E-state index contributed by atoms with van der Waals surface area (Å²) in [5.74, 6) is 0.308. The molecule has 7 nitrogen and oxygen atoms in total. The zero-order valence-corrected chi connectivity index (χ0v) is 19.5. The standard InChI is InChI=1S/C25H25N3O4S/c1-17-11-12-23(18(2)13-17)28-24(27-22-10-5-4-9-21(22)25(28)29)15-26-33(30,31)20-8-6-7-19(14-20)16-32-3/h4-14,26H,15-16H2,1-3H3. The zero-order valence-electron chi connectivity index (χ0n) is 18.7. The fourth-order valence-electron chi connectivity index (χ4n) is 3.81. The predicted molar refractivity (Wildman–Crippen MR) is 128 cm³/mol. The molecule has 170 valence electrons. The summed E-state index contributed by atoms with van der Waals surface area (Å²) in [6.45, 7) is 4.05. The van der Waals surface area contributed by atoms with Crippen LogP contribution in [0.2, 0.25) is 0 Å². The maximum atomic E-state index is 13.4. The van der Waals surface area contributed by atoms with Gasteiger partial charge in [-0.25, -0.2) is 18.1 Å². The van der Waals surface area contributed by atoms with Crippen LogP contribution < -0.4 is 10.3 Å². The maximum Gasteiger partial charge on any atom is 0.266 e. The largest absolute Gasteiger partial charge is 0.380 e. The second-order valence-corrected chi connectivity index (χ2v) is 9.65.